The Bertz CT molecular complexity index is 442. The van der Waals surface area contributed by atoms with Crippen LogP contribution in [0.5, 0.6) is 5.75 Å². The maximum absolute atomic E-state index is 11.8. The topological polar surface area (TPSA) is 64.6 Å². The Hall–Kier alpha value is -2.04. The molecule has 1 atom stereocenters. The molecule has 0 unspecified atom stereocenters. The van der Waals surface area contributed by atoms with Crippen LogP contribution >= 0.6 is 0 Å². The summed E-state index contributed by atoms with van der Waals surface area (Å²) in [5.41, 5.74) is 0.895. The minimum absolute atomic E-state index is 0.119. The van der Waals surface area contributed by atoms with E-state index >= 15 is 0 Å². The van der Waals surface area contributed by atoms with E-state index in [2.05, 4.69) is 5.32 Å². The van der Waals surface area contributed by atoms with E-state index in [9.17, 15) is 9.59 Å². The van der Waals surface area contributed by atoms with E-state index in [-0.39, 0.29) is 30.8 Å². The molecule has 1 rings (SSSR count). The maximum Gasteiger partial charge on any atom is 0.307 e. The van der Waals surface area contributed by atoms with Gasteiger partial charge < -0.3 is 14.8 Å². The lowest BCUT2D eigenvalue weighted by Crippen LogP contribution is -2.35. The molecule has 1 aromatic carbocycles. The van der Waals surface area contributed by atoms with Gasteiger partial charge in [0, 0.05) is 6.04 Å². The summed E-state index contributed by atoms with van der Waals surface area (Å²) in [7, 11) is 1.60. The second-order valence-corrected chi connectivity index (χ2v) is 4.50. The zero-order valence-corrected chi connectivity index (χ0v) is 12.1. The number of amides is 1. The number of hydrogen-bond donors (Lipinski definition) is 1. The van der Waals surface area contributed by atoms with Crippen LogP contribution in [0, 0.1) is 0 Å². The van der Waals surface area contributed by atoms with Gasteiger partial charge in [0.15, 0.2) is 0 Å². The Balaban J connectivity index is 2.40. The highest BCUT2D eigenvalue weighted by atomic mass is 16.5. The van der Waals surface area contributed by atoms with Crippen LogP contribution in [0.25, 0.3) is 0 Å². The number of hydrogen-bond acceptors (Lipinski definition) is 4. The van der Waals surface area contributed by atoms with E-state index in [1.54, 1.807) is 21.0 Å². The Kier molecular flexibility index (Phi) is 6.56. The van der Waals surface area contributed by atoms with E-state index in [4.69, 9.17) is 9.47 Å². The number of carbonyl (C=O) groups excluding carboxylic acids is 2. The number of methoxy groups -OCH3 is 1. The molecule has 0 heterocycles. The quantitative estimate of drug-likeness (QED) is 0.771. The van der Waals surface area contributed by atoms with Crippen LogP contribution in [-0.4, -0.2) is 31.6 Å². The van der Waals surface area contributed by atoms with Gasteiger partial charge in [0.25, 0.3) is 0 Å². The molecule has 1 aromatic rings. The molecule has 5 heteroatoms. The second kappa shape index (κ2) is 8.19. The SMILES string of the molecule is CCOC(=O)C[C@H](C)NC(=O)Cc1ccc(OC)cc1. The van der Waals surface area contributed by atoms with Crippen molar-refractivity contribution < 1.29 is 19.1 Å². The van der Waals surface area contributed by atoms with Crippen molar-refractivity contribution in [1.82, 2.24) is 5.32 Å². The average Bonchev–Trinajstić information content (AvgIpc) is 2.39. The van der Waals surface area contributed by atoms with Crippen LogP contribution in [0.4, 0.5) is 0 Å². The first kappa shape index (κ1) is 16.0. The summed E-state index contributed by atoms with van der Waals surface area (Å²) < 4.78 is 9.89. The van der Waals surface area contributed by atoms with Crippen molar-refractivity contribution >= 4 is 11.9 Å². The lowest BCUT2D eigenvalue weighted by Gasteiger charge is -2.13. The third kappa shape index (κ3) is 5.73. The molecule has 0 radical (unpaired) electrons. The molecule has 0 bridgehead atoms. The molecular formula is C15H21NO4. The summed E-state index contributed by atoms with van der Waals surface area (Å²) in [5.74, 6) is 0.335. The second-order valence-electron chi connectivity index (χ2n) is 4.50. The van der Waals surface area contributed by atoms with Gasteiger partial charge in [-0.05, 0) is 31.5 Å². The van der Waals surface area contributed by atoms with Crippen molar-refractivity contribution in [1.29, 1.82) is 0 Å². The molecule has 20 heavy (non-hydrogen) atoms. The maximum atomic E-state index is 11.8. The fraction of sp³-hybridized carbons (Fsp3) is 0.467. The Morgan fingerprint density at radius 3 is 2.45 bits per heavy atom. The van der Waals surface area contributed by atoms with Crippen molar-refractivity contribution in [3.05, 3.63) is 29.8 Å². The first-order valence-electron chi connectivity index (χ1n) is 6.63. The predicted molar refractivity (Wildman–Crippen MR) is 75.6 cm³/mol. The van der Waals surface area contributed by atoms with Crippen molar-refractivity contribution in [2.75, 3.05) is 13.7 Å². The monoisotopic (exact) mass is 279 g/mol. The number of ether oxygens (including phenoxy) is 2. The first-order valence-corrected chi connectivity index (χ1v) is 6.63. The Labute approximate surface area is 119 Å². The number of rotatable bonds is 7. The van der Waals surface area contributed by atoms with Gasteiger partial charge in [-0.2, -0.15) is 0 Å². The summed E-state index contributed by atoms with van der Waals surface area (Å²) in [6, 6.07) is 7.07. The third-order valence-electron chi connectivity index (χ3n) is 2.71. The molecule has 5 nitrogen and oxygen atoms in total. The normalized spacial score (nSPS) is 11.6. The lowest BCUT2D eigenvalue weighted by molar-refractivity contribution is -0.143. The molecule has 0 saturated carbocycles. The van der Waals surface area contributed by atoms with Crippen LogP contribution in [0.15, 0.2) is 24.3 Å². The third-order valence-corrected chi connectivity index (χ3v) is 2.71. The van der Waals surface area contributed by atoms with Gasteiger partial charge in [-0.3, -0.25) is 9.59 Å². The summed E-state index contributed by atoms with van der Waals surface area (Å²) in [6.07, 6.45) is 0.458. The smallest absolute Gasteiger partial charge is 0.307 e. The van der Waals surface area contributed by atoms with Crippen molar-refractivity contribution in [3.63, 3.8) is 0 Å². The number of carbonyl (C=O) groups is 2. The Morgan fingerprint density at radius 2 is 1.90 bits per heavy atom. The first-order chi connectivity index (χ1) is 9.55. The van der Waals surface area contributed by atoms with Crippen LogP contribution in [0.2, 0.25) is 0 Å². The van der Waals surface area contributed by atoms with Crippen molar-refractivity contribution in [2.45, 2.75) is 32.7 Å². The summed E-state index contributed by atoms with van der Waals surface area (Å²) in [6.45, 7) is 3.89. The van der Waals surface area contributed by atoms with Gasteiger partial charge in [0.05, 0.1) is 26.6 Å². The molecule has 0 spiro atoms. The highest BCUT2D eigenvalue weighted by Crippen LogP contribution is 2.11. The molecule has 110 valence electrons. The van der Waals surface area contributed by atoms with Crippen molar-refractivity contribution in [2.24, 2.45) is 0 Å². The fourth-order valence-corrected chi connectivity index (χ4v) is 1.78. The summed E-state index contributed by atoms with van der Waals surface area (Å²) in [4.78, 5) is 23.1. The largest absolute Gasteiger partial charge is 0.497 e. The van der Waals surface area contributed by atoms with Gasteiger partial charge in [-0.25, -0.2) is 0 Å². The standard InChI is InChI=1S/C15H21NO4/c1-4-20-15(18)9-11(2)16-14(17)10-12-5-7-13(19-3)8-6-12/h5-8,11H,4,9-10H2,1-3H3,(H,16,17)/t11-/m0/s1. The molecule has 1 amide bonds. The molecular weight excluding hydrogens is 258 g/mol. The van der Waals surface area contributed by atoms with Gasteiger partial charge in [0.2, 0.25) is 5.91 Å². The number of nitrogens with one attached hydrogen (secondary N) is 1. The van der Waals surface area contributed by atoms with Gasteiger partial charge in [-0.1, -0.05) is 12.1 Å². The predicted octanol–water partition coefficient (Wildman–Crippen LogP) is 1.70. The van der Waals surface area contributed by atoms with Crippen LogP contribution < -0.4 is 10.1 Å². The van der Waals surface area contributed by atoms with E-state index in [1.807, 2.05) is 24.3 Å². The summed E-state index contributed by atoms with van der Waals surface area (Å²) in [5, 5.41) is 2.78. The zero-order chi connectivity index (χ0) is 15.0. The van der Waals surface area contributed by atoms with Crippen molar-refractivity contribution in [3.8, 4) is 5.75 Å². The lowest BCUT2D eigenvalue weighted by atomic mass is 10.1. The van der Waals surface area contributed by atoms with Gasteiger partial charge in [0.1, 0.15) is 5.75 Å². The van der Waals surface area contributed by atoms with Crippen LogP contribution in [0.3, 0.4) is 0 Å². The average molecular weight is 279 g/mol. The number of benzene rings is 1. The number of esters is 1. The van der Waals surface area contributed by atoms with Gasteiger partial charge in [-0.15, -0.1) is 0 Å². The highest BCUT2D eigenvalue weighted by molar-refractivity contribution is 5.79. The Morgan fingerprint density at radius 1 is 1.25 bits per heavy atom. The molecule has 0 aliphatic carbocycles. The fourth-order valence-electron chi connectivity index (χ4n) is 1.78. The van der Waals surface area contributed by atoms with Crippen LogP contribution in [0.1, 0.15) is 25.8 Å². The minimum Gasteiger partial charge on any atom is -0.497 e. The molecule has 0 fully saturated rings. The van der Waals surface area contributed by atoms with E-state index in [1.165, 1.54) is 0 Å². The molecule has 1 N–H and O–H groups in total. The molecule has 0 aliphatic rings. The zero-order valence-electron chi connectivity index (χ0n) is 12.1. The molecule has 0 aliphatic heterocycles. The molecule has 0 aromatic heterocycles. The van der Waals surface area contributed by atoms with E-state index in [0.717, 1.165) is 11.3 Å². The van der Waals surface area contributed by atoms with E-state index < -0.39 is 0 Å². The van der Waals surface area contributed by atoms with E-state index in [0.29, 0.717) is 6.61 Å². The highest BCUT2D eigenvalue weighted by Gasteiger charge is 2.12. The van der Waals surface area contributed by atoms with Gasteiger partial charge >= 0.3 is 5.97 Å². The minimum atomic E-state index is -0.301. The summed E-state index contributed by atoms with van der Waals surface area (Å²) >= 11 is 0. The molecule has 0 saturated heterocycles. The van der Waals surface area contributed by atoms with Crippen LogP contribution in [-0.2, 0) is 20.7 Å².